The van der Waals surface area contributed by atoms with Crippen LogP contribution in [-0.2, 0) is 4.79 Å². The summed E-state index contributed by atoms with van der Waals surface area (Å²) >= 11 is 5.81. The van der Waals surface area contributed by atoms with Gasteiger partial charge >= 0.3 is 5.97 Å². The molecule has 0 fully saturated rings. The molecule has 0 bridgehead atoms. The molecule has 0 heterocycles. The summed E-state index contributed by atoms with van der Waals surface area (Å²) in [6, 6.07) is 11.7. The minimum Gasteiger partial charge on any atom is -0.493 e. The lowest BCUT2D eigenvalue weighted by Crippen LogP contribution is -2.09. The molecule has 0 aliphatic carbocycles. The molecule has 0 unspecified atom stereocenters. The van der Waals surface area contributed by atoms with Gasteiger partial charge in [0, 0.05) is 17.3 Å². The highest BCUT2D eigenvalue weighted by Crippen LogP contribution is 2.22. The molecule has 2 aromatic rings. The molecule has 2 aromatic carbocycles. The second kappa shape index (κ2) is 8.89. The molecule has 0 saturated carbocycles. The summed E-state index contributed by atoms with van der Waals surface area (Å²) < 4.78 is 5.63. The number of aromatic carboxylic acids is 1. The van der Waals surface area contributed by atoms with E-state index in [9.17, 15) is 9.59 Å². The molecule has 25 heavy (non-hydrogen) atoms. The molecule has 0 radical (unpaired) electrons. The van der Waals surface area contributed by atoms with Crippen LogP contribution in [0, 0.1) is 0 Å². The Labute approximate surface area is 150 Å². The van der Waals surface area contributed by atoms with Crippen molar-refractivity contribution < 1.29 is 19.4 Å². The number of ether oxygens (including phenoxy) is 1. The summed E-state index contributed by atoms with van der Waals surface area (Å²) in [4.78, 5) is 23.1. The number of amides is 1. The Morgan fingerprint density at radius 2 is 2.00 bits per heavy atom. The molecule has 0 saturated heterocycles. The van der Waals surface area contributed by atoms with E-state index in [0.717, 1.165) is 12.0 Å². The van der Waals surface area contributed by atoms with Crippen LogP contribution < -0.4 is 10.1 Å². The van der Waals surface area contributed by atoms with Gasteiger partial charge in [-0.1, -0.05) is 36.7 Å². The van der Waals surface area contributed by atoms with E-state index in [1.54, 1.807) is 12.1 Å². The molecule has 0 spiro atoms. The van der Waals surface area contributed by atoms with E-state index in [-0.39, 0.29) is 16.5 Å². The fraction of sp³-hybridized carbons (Fsp3) is 0.158. The van der Waals surface area contributed by atoms with Crippen molar-refractivity contribution in [3.05, 3.63) is 64.7 Å². The number of hydrogen-bond acceptors (Lipinski definition) is 3. The van der Waals surface area contributed by atoms with Crippen molar-refractivity contribution >= 4 is 35.2 Å². The van der Waals surface area contributed by atoms with Gasteiger partial charge in [-0.2, -0.15) is 0 Å². The van der Waals surface area contributed by atoms with E-state index in [1.807, 2.05) is 31.2 Å². The third kappa shape index (κ3) is 5.36. The highest BCUT2D eigenvalue weighted by Gasteiger charge is 2.10. The van der Waals surface area contributed by atoms with Crippen LogP contribution in [0.2, 0.25) is 5.02 Å². The van der Waals surface area contributed by atoms with Crippen LogP contribution >= 0.6 is 11.6 Å². The van der Waals surface area contributed by atoms with Gasteiger partial charge in [-0.05, 0) is 36.8 Å². The fourth-order valence-corrected chi connectivity index (χ4v) is 2.28. The van der Waals surface area contributed by atoms with Crippen molar-refractivity contribution in [2.45, 2.75) is 13.3 Å². The van der Waals surface area contributed by atoms with Crippen LogP contribution in [-0.4, -0.2) is 23.6 Å². The lowest BCUT2D eigenvalue weighted by Gasteiger charge is -2.08. The third-order valence-electron chi connectivity index (χ3n) is 3.26. The van der Waals surface area contributed by atoms with Gasteiger partial charge in [0.05, 0.1) is 17.2 Å². The Bertz CT molecular complexity index is 802. The quantitative estimate of drug-likeness (QED) is 0.715. The predicted molar refractivity (Wildman–Crippen MR) is 98.3 cm³/mol. The molecule has 130 valence electrons. The number of benzene rings is 2. The maximum Gasteiger partial charge on any atom is 0.337 e. The van der Waals surface area contributed by atoms with Crippen LogP contribution in [0.4, 0.5) is 5.69 Å². The van der Waals surface area contributed by atoms with E-state index < -0.39 is 5.97 Å². The Morgan fingerprint density at radius 3 is 2.72 bits per heavy atom. The third-order valence-corrected chi connectivity index (χ3v) is 3.59. The van der Waals surface area contributed by atoms with Crippen LogP contribution in [0.1, 0.15) is 29.3 Å². The first-order valence-corrected chi connectivity index (χ1v) is 8.12. The zero-order valence-corrected chi connectivity index (χ0v) is 14.4. The average Bonchev–Trinajstić information content (AvgIpc) is 2.60. The SMILES string of the molecule is CCCOc1ccccc1/C=C/C(=O)Nc1ccc(Cl)c(C(=O)O)c1. The van der Waals surface area contributed by atoms with E-state index >= 15 is 0 Å². The van der Waals surface area contributed by atoms with Crippen molar-refractivity contribution in [2.24, 2.45) is 0 Å². The molecule has 0 aliphatic heterocycles. The molecule has 6 heteroatoms. The summed E-state index contributed by atoms with van der Waals surface area (Å²) in [5.74, 6) is -0.837. The Balaban J connectivity index is 2.09. The molecule has 0 atom stereocenters. The first-order chi connectivity index (χ1) is 12.0. The topological polar surface area (TPSA) is 75.6 Å². The number of carboxylic acids is 1. The monoisotopic (exact) mass is 359 g/mol. The summed E-state index contributed by atoms with van der Waals surface area (Å²) in [6.45, 7) is 2.61. The van der Waals surface area contributed by atoms with E-state index in [0.29, 0.717) is 18.0 Å². The van der Waals surface area contributed by atoms with Gasteiger partial charge in [0.25, 0.3) is 0 Å². The van der Waals surface area contributed by atoms with Crippen molar-refractivity contribution in [2.75, 3.05) is 11.9 Å². The van der Waals surface area contributed by atoms with Gasteiger partial charge in [-0.3, -0.25) is 4.79 Å². The molecule has 5 nitrogen and oxygen atoms in total. The average molecular weight is 360 g/mol. The number of hydrogen-bond donors (Lipinski definition) is 2. The minimum absolute atomic E-state index is 0.0678. The number of carbonyl (C=O) groups excluding carboxylic acids is 1. The Hall–Kier alpha value is -2.79. The highest BCUT2D eigenvalue weighted by molar-refractivity contribution is 6.33. The van der Waals surface area contributed by atoms with Crippen molar-refractivity contribution in [1.29, 1.82) is 0 Å². The summed E-state index contributed by atoms with van der Waals surface area (Å²) in [5, 5.41) is 11.8. The summed E-state index contributed by atoms with van der Waals surface area (Å²) in [7, 11) is 0. The lowest BCUT2D eigenvalue weighted by molar-refractivity contribution is -0.111. The largest absolute Gasteiger partial charge is 0.493 e. The van der Waals surface area contributed by atoms with E-state index in [2.05, 4.69) is 5.32 Å². The Morgan fingerprint density at radius 1 is 1.24 bits per heavy atom. The Kier molecular flexibility index (Phi) is 6.60. The van der Waals surface area contributed by atoms with Crippen LogP contribution in [0.25, 0.3) is 6.08 Å². The molecule has 2 rings (SSSR count). The second-order valence-electron chi connectivity index (χ2n) is 5.21. The maximum absolute atomic E-state index is 12.1. The number of anilines is 1. The second-order valence-corrected chi connectivity index (χ2v) is 5.62. The first-order valence-electron chi connectivity index (χ1n) is 7.75. The first kappa shape index (κ1) is 18.5. The van der Waals surface area contributed by atoms with Gasteiger partial charge in [-0.25, -0.2) is 4.79 Å². The van der Waals surface area contributed by atoms with Gasteiger partial charge in [0.1, 0.15) is 5.75 Å². The van der Waals surface area contributed by atoms with Gasteiger partial charge in [-0.15, -0.1) is 0 Å². The number of carbonyl (C=O) groups is 2. The van der Waals surface area contributed by atoms with Crippen LogP contribution in [0.3, 0.4) is 0 Å². The molecule has 1 amide bonds. The molecule has 0 aromatic heterocycles. The van der Waals surface area contributed by atoms with Crippen molar-refractivity contribution in [3.63, 3.8) is 0 Å². The van der Waals surface area contributed by atoms with Crippen molar-refractivity contribution in [1.82, 2.24) is 0 Å². The molecular weight excluding hydrogens is 342 g/mol. The van der Waals surface area contributed by atoms with Gasteiger partial charge < -0.3 is 15.2 Å². The number of rotatable bonds is 7. The normalized spacial score (nSPS) is 10.6. The summed E-state index contributed by atoms with van der Waals surface area (Å²) in [6.07, 6.45) is 3.90. The molecular formula is C19H18ClNO4. The lowest BCUT2D eigenvalue weighted by atomic mass is 10.1. The van der Waals surface area contributed by atoms with Crippen LogP contribution in [0.5, 0.6) is 5.75 Å². The smallest absolute Gasteiger partial charge is 0.337 e. The van der Waals surface area contributed by atoms with Gasteiger partial charge in [0.2, 0.25) is 5.91 Å². The maximum atomic E-state index is 12.1. The standard InChI is InChI=1S/C19H18ClNO4/c1-2-11-25-17-6-4-3-5-13(17)7-10-18(22)21-14-8-9-16(20)15(12-14)19(23)24/h3-10,12H,2,11H2,1H3,(H,21,22)(H,23,24)/b10-7+. The number of halogens is 1. The molecule has 2 N–H and O–H groups in total. The van der Waals surface area contributed by atoms with E-state index in [4.69, 9.17) is 21.4 Å². The molecule has 0 aliphatic rings. The zero-order chi connectivity index (χ0) is 18.2. The number of para-hydroxylation sites is 1. The number of carboxylic acid groups (broad SMARTS) is 1. The minimum atomic E-state index is -1.15. The van der Waals surface area contributed by atoms with Crippen LogP contribution in [0.15, 0.2) is 48.5 Å². The van der Waals surface area contributed by atoms with Gasteiger partial charge in [0.15, 0.2) is 0 Å². The zero-order valence-electron chi connectivity index (χ0n) is 13.7. The predicted octanol–water partition coefficient (Wildman–Crippen LogP) is 4.48. The number of nitrogens with one attached hydrogen (secondary N) is 1. The highest BCUT2D eigenvalue weighted by atomic mass is 35.5. The van der Waals surface area contributed by atoms with Crippen molar-refractivity contribution in [3.8, 4) is 5.75 Å². The summed E-state index contributed by atoms with van der Waals surface area (Å²) in [5.41, 5.74) is 1.07. The van der Waals surface area contributed by atoms with E-state index in [1.165, 1.54) is 18.2 Å². The fourth-order valence-electron chi connectivity index (χ4n) is 2.08.